The maximum Gasteiger partial charge on any atom is 0.335 e. The molecule has 18 heavy (non-hydrogen) atoms. The zero-order chi connectivity index (χ0) is 13.1. The van der Waals surface area contributed by atoms with E-state index in [0.29, 0.717) is 24.5 Å². The summed E-state index contributed by atoms with van der Waals surface area (Å²) < 4.78 is 5.09. The van der Waals surface area contributed by atoms with E-state index >= 15 is 0 Å². The first kappa shape index (κ1) is 12.4. The van der Waals surface area contributed by atoms with Crippen LogP contribution < -0.4 is 15.4 Å². The van der Waals surface area contributed by atoms with Gasteiger partial charge in [-0.1, -0.05) is 0 Å². The summed E-state index contributed by atoms with van der Waals surface area (Å²) in [4.78, 5) is 22.7. The third-order valence-corrected chi connectivity index (χ3v) is 2.86. The molecule has 1 aliphatic rings. The molecule has 0 radical (unpaired) electrons. The molecule has 1 heterocycles. The predicted octanol–water partition coefficient (Wildman–Crippen LogP) is 0.551. The van der Waals surface area contributed by atoms with E-state index in [1.54, 1.807) is 0 Å². The Balaban J connectivity index is 2.20. The highest BCUT2D eigenvalue weighted by molar-refractivity contribution is 5.97. The number of benzene rings is 1. The molecular formula is C12H14N2O4. The van der Waals surface area contributed by atoms with E-state index < -0.39 is 5.97 Å². The molecule has 0 atom stereocenters. The van der Waals surface area contributed by atoms with E-state index in [-0.39, 0.29) is 17.4 Å². The van der Waals surface area contributed by atoms with Crippen molar-refractivity contribution >= 4 is 17.6 Å². The van der Waals surface area contributed by atoms with Crippen LogP contribution in [0.5, 0.6) is 5.75 Å². The van der Waals surface area contributed by atoms with Crippen molar-refractivity contribution in [3.8, 4) is 5.75 Å². The number of amides is 1. The van der Waals surface area contributed by atoms with Gasteiger partial charge in [0.25, 0.3) is 0 Å². The molecule has 3 N–H and O–H groups in total. The van der Waals surface area contributed by atoms with Crippen LogP contribution in [0.3, 0.4) is 0 Å². The summed E-state index contributed by atoms with van der Waals surface area (Å²) in [7, 11) is 1.47. The lowest BCUT2D eigenvalue weighted by Crippen LogP contribution is -2.48. The largest absolute Gasteiger partial charge is 0.495 e. The van der Waals surface area contributed by atoms with Crippen molar-refractivity contribution in [1.29, 1.82) is 0 Å². The van der Waals surface area contributed by atoms with Gasteiger partial charge in [-0.2, -0.15) is 0 Å². The zero-order valence-corrected chi connectivity index (χ0v) is 9.90. The molecule has 1 amide bonds. The maximum absolute atomic E-state index is 11.8. The Labute approximate surface area is 104 Å². The highest BCUT2D eigenvalue weighted by Crippen LogP contribution is 2.26. The number of nitrogens with one attached hydrogen (secondary N) is 2. The normalized spacial score (nSPS) is 14.7. The molecule has 0 aromatic heterocycles. The number of ether oxygens (including phenoxy) is 1. The Morgan fingerprint density at radius 2 is 2.17 bits per heavy atom. The van der Waals surface area contributed by atoms with Gasteiger partial charge in [0.05, 0.1) is 24.3 Å². The molecule has 0 bridgehead atoms. The molecule has 0 unspecified atom stereocenters. The number of methoxy groups -OCH3 is 1. The summed E-state index contributed by atoms with van der Waals surface area (Å²) in [6.45, 7) is 1.29. The van der Waals surface area contributed by atoms with Gasteiger partial charge < -0.3 is 20.5 Å². The van der Waals surface area contributed by atoms with Crippen molar-refractivity contribution in [2.75, 3.05) is 25.5 Å². The summed E-state index contributed by atoms with van der Waals surface area (Å²) in [5.74, 6) is -0.795. The summed E-state index contributed by atoms with van der Waals surface area (Å²) >= 11 is 0. The van der Waals surface area contributed by atoms with Crippen molar-refractivity contribution in [2.24, 2.45) is 5.92 Å². The fourth-order valence-corrected chi connectivity index (χ4v) is 1.65. The topological polar surface area (TPSA) is 87.7 Å². The first-order valence-corrected chi connectivity index (χ1v) is 5.54. The minimum atomic E-state index is -1.04. The smallest absolute Gasteiger partial charge is 0.335 e. The quantitative estimate of drug-likeness (QED) is 0.726. The number of carbonyl (C=O) groups is 2. The van der Waals surface area contributed by atoms with E-state index in [1.165, 1.54) is 25.3 Å². The van der Waals surface area contributed by atoms with Crippen LogP contribution in [0.25, 0.3) is 0 Å². The second-order valence-electron chi connectivity index (χ2n) is 4.06. The molecule has 6 heteroatoms. The Bertz CT molecular complexity index is 483. The highest BCUT2D eigenvalue weighted by Gasteiger charge is 2.25. The monoisotopic (exact) mass is 250 g/mol. The van der Waals surface area contributed by atoms with Crippen LogP contribution in [-0.2, 0) is 4.79 Å². The lowest BCUT2D eigenvalue weighted by atomic mass is 10.0. The number of hydrogen-bond donors (Lipinski definition) is 3. The number of hydrogen-bond acceptors (Lipinski definition) is 4. The highest BCUT2D eigenvalue weighted by atomic mass is 16.5. The van der Waals surface area contributed by atoms with E-state index in [1.807, 2.05) is 0 Å². The Hall–Kier alpha value is -2.08. The molecule has 1 aliphatic heterocycles. The minimum Gasteiger partial charge on any atom is -0.495 e. The second-order valence-corrected chi connectivity index (χ2v) is 4.06. The first-order chi connectivity index (χ1) is 8.61. The number of anilines is 1. The van der Waals surface area contributed by atoms with E-state index in [2.05, 4.69) is 10.6 Å². The van der Waals surface area contributed by atoms with Gasteiger partial charge in [-0.05, 0) is 18.2 Å². The van der Waals surface area contributed by atoms with Gasteiger partial charge in [0.15, 0.2) is 0 Å². The molecular weight excluding hydrogens is 236 g/mol. The fourth-order valence-electron chi connectivity index (χ4n) is 1.65. The molecule has 2 rings (SSSR count). The van der Waals surface area contributed by atoms with Crippen molar-refractivity contribution in [3.05, 3.63) is 23.8 Å². The van der Waals surface area contributed by atoms with E-state index in [4.69, 9.17) is 9.84 Å². The summed E-state index contributed by atoms with van der Waals surface area (Å²) in [6, 6.07) is 4.35. The average molecular weight is 250 g/mol. The van der Waals surface area contributed by atoms with Crippen LogP contribution in [0, 0.1) is 5.92 Å². The van der Waals surface area contributed by atoms with E-state index in [9.17, 15) is 9.59 Å². The SMILES string of the molecule is COc1ccc(C(=O)O)cc1NC(=O)C1CNC1. The number of carbonyl (C=O) groups excluding carboxylic acids is 1. The van der Waals surface area contributed by atoms with Gasteiger partial charge in [-0.3, -0.25) is 4.79 Å². The third kappa shape index (κ3) is 2.43. The second kappa shape index (κ2) is 5.05. The van der Waals surface area contributed by atoms with Crippen LogP contribution in [0.4, 0.5) is 5.69 Å². The molecule has 1 aromatic carbocycles. The lowest BCUT2D eigenvalue weighted by molar-refractivity contribution is -0.121. The van der Waals surface area contributed by atoms with Crippen LogP contribution >= 0.6 is 0 Å². The van der Waals surface area contributed by atoms with Crippen molar-refractivity contribution in [2.45, 2.75) is 0 Å². The Morgan fingerprint density at radius 3 is 2.67 bits per heavy atom. The third-order valence-electron chi connectivity index (χ3n) is 2.86. The average Bonchev–Trinajstić information content (AvgIpc) is 2.26. The molecule has 6 nitrogen and oxygen atoms in total. The van der Waals surface area contributed by atoms with Crippen LogP contribution in [0.1, 0.15) is 10.4 Å². The molecule has 1 aromatic rings. The predicted molar refractivity (Wildman–Crippen MR) is 64.9 cm³/mol. The summed E-state index contributed by atoms with van der Waals surface area (Å²) in [6.07, 6.45) is 0. The molecule has 96 valence electrons. The maximum atomic E-state index is 11.8. The van der Waals surface area contributed by atoms with Gasteiger partial charge in [0.2, 0.25) is 5.91 Å². The van der Waals surface area contributed by atoms with E-state index in [0.717, 1.165) is 0 Å². The number of aromatic carboxylic acids is 1. The molecule has 1 fully saturated rings. The molecule has 0 saturated carbocycles. The first-order valence-electron chi connectivity index (χ1n) is 5.54. The molecule has 0 aliphatic carbocycles. The van der Waals surface area contributed by atoms with Crippen molar-refractivity contribution in [3.63, 3.8) is 0 Å². The van der Waals surface area contributed by atoms with Crippen LogP contribution in [0.15, 0.2) is 18.2 Å². The van der Waals surface area contributed by atoms with Gasteiger partial charge in [-0.15, -0.1) is 0 Å². The fraction of sp³-hybridized carbons (Fsp3) is 0.333. The van der Waals surface area contributed by atoms with Crippen LogP contribution in [0.2, 0.25) is 0 Å². The van der Waals surface area contributed by atoms with Crippen molar-refractivity contribution in [1.82, 2.24) is 5.32 Å². The van der Waals surface area contributed by atoms with Gasteiger partial charge in [-0.25, -0.2) is 4.79 Å². The zero-order valence-electron chi connectivity index (χ0n) is 9.90. The van der Waals surface area contributed by atoms with Gasteiger partial charge in [0, 0.05) is 13.1 Å². The number of rotatable bonds is 4. The summed E-state index contributed by atoms with van der Waals surface area (Å²) in [5, 5.41) is 14.6. The van der Waals surface area contributed by atoms with Gasteiger partial charge in [0.1, 0.15) is 5.75 Å². The Morgan fingerprint density at radius 1 is 1.44 bits per heavy atom. The van der Waals surface area contributed by atoms with Crippen molar-refractivity contribution < 1.29 is 19.4 Å². The van der Waals surface area contributed by atoms with Gasteiger partial charge >= 0.3 is 5.97 Å². The minimum absolute atomic E-state index is 0.0665. The van der Waals surface area contributed by atoms with Crippen LogP contribution in [-0.4, -0.2) is 37.2 Å². The number of carboxylic acid groups (broad SMARTS) is 1. The standard InChI is InChI=1S/C12H14N2O4/c1-18-10-3-2-7(12(16)17)4-9(10)14-11(15)8-5-13-6-8/h2-4,8,13H,5-6H2,1H3,(H,14,15)(H,16,17). The Kier molecular flexibility index (Phi) is 3.47. The molecule has 1 saturated heterocycles. The lowest BCUT2D eigenvalue weighted by Gasteiger charge is -2.26. The molecule has 0 spiro atoms. The summed E-state index contributed by atoms with van der Waals surface area (Å²) in [5.41, 5.74) is 0.493. The number of carboxylic acids is 1.